The molecule has 1 aliphatic heterocycles. The van der Waals surface area contributed by atoms with E-state index in [2.05, 4.69) is 0 Å². The van der Waals surface area contributed by atoms with Crippen LogP contribution < -0.4 is 5.11 Å². The Kier molecular flexibility index (Phi) is 5.13. The third-order valence-corrected chi connectivity index (χ3v) is 6.06. The molecule has 0 fully saturated rings. The van der Waals surface area contributed by atoms with E-state index < -0.39 is 75.2 Å². The lowest BCUT2D eigenvalue weighted by Crippen LogP contribution is -2.79. The molecule has 0 bridgehead atoms. The van der Waals surface area contributed by atoms with Gasteiger partial charge in [-0.1, -0.05) is 24.3 Å². The van der Waals surface area contributed by atoms with Crippen LogP contribution in [-0.4, -0.2) is 27.2 Å². The molecule has 0 saturated carbocycles. The number of benzene rings is 2. The third-order valence-electron chi connectivity index (χ3n) is 6.06. The van der Waals surface area contributed by atoms with Crippen molar-refractivity contribution in [1.29, 1.82) is 0 Å². The number of carboxylic acid groups (broad SMARTS) is 2. The van der Waals surface area contributed by atoms with Gasteiger partial charge in [0, 0.05) is 12.0 Å². The molecular formula is C21H18F5NO4. The van der Waals surface area contributed by atoms with E-state index in [-0.39, 0.29) is 5.56 Å². The number of halogens is 5. The van der Waals surface area contributed by atoms with Crippen molar-refractivity contribution in [3.8, 4) is 0 Å². The molecule has 10 heteroatoms. The summed E-state index contributed by atoms with van der Waals surface area (Å²) in [6.07, 6.45) is -2.88. The van der Waals surface area contributed by atoms with Crippen molar-refractivity contribution in [1.82, 2.24) is 0 Å². The number of carbonyl (C=O) groups is 2. The zero-order chi connectivity index (χ0) is 23.5. The number of nitrogens with zero attached hydrogens (tertiary/aromatic N) is 1. The number of rotatable bonds is 2. The second-order valence-corrected chi connectivity index (χ2v) is 8.46. The van der Waals surface area contributed by atoms with Gasteiger partial charge in [-0.25, -0.2) is 31.2 Å². The van der Waals surface area contributed by atoms with Crippen LogP contribution in [0, 0.1) is 29.1 Å². The van der Waals surface area contributed by atoms with E-state index in [0.717, 1.165) is 0 Å². The highest BCUT2D eigenvalue weighted by Crippen LogP contribution is 2.52. The first-order valence-corrected chi connectivity index (χ1v) is 9.16. The van der Waals surface area contributed by atoms with Gasteiger partial charge in [0.05, 0.1) is 5.54 Å². The highest BCUT2D eigenvalue weighted by molar-refractivity contribution is 5.83. The quantitative estimate of drug-likeness (QED) is 0.334. The first-order valence-electron chi connectivity index (χ1n) is 9.16. The lowest BCUT2D eigenvalue weighted by atomic mass is 9.71. The summed E-state index contributed by atoms with van der Waals surface area (Å²) in [4.78, 5) is 25.3. The van der Waals surface area contributed by atoms with Crippen LogP contribution in [0.3, 0.4) is 0 Å². The molecule has 0 aliphatic carbocycles. The molecular weight excluding hydrogens is 425 g/mol. The first-order chi connectivity index (χ1) is 14.2. The summed E-state index contributed by atoms with van der Waals surface area (Å²) in [5.74, 6) is -14.1. The molecule has 3 rings (SSSR count). The van der Waals surface area contributed by atoms with Crippen molar-refractivity contribution in [3.63, 3.8) is 0 Å². The maximum atomic E-state index is 15.0. The average Bonchev–Trinajstić information content (AvgIpc) is 2.68. The van der Waals surface area contributed by atoms with E-state index >= 15 is 0 Å². The van der Waals surface area contributed by atoms with Gasteiger partial charge in [0.15, 0.2) is 23.3 Å². The van der Waals surface area contributed by atoms with Crippen molar-refractivity contribution < 1.29 is 46.2 Å². The molecule has 1 unspecified atom stereocenters. The van der Waals surface area contributed by atoms with E-state index in [1.54, 1.807) is 6.07 Å². The fraction of sp³-hybridized carbons (Fsp3) is 0.333. The molecule has 1 amide bonds. The number of aliphatic carboxylic acids is 1. The number of carboxylic acids is 1. The van der Waals surface area contributed by atoms with Gasteiger partial charge in [0.2, 0.25) is 11.4 Å². The van der Waals surface area contributed by atoms with Crippen molar-refractivity contribution in [2.75, 3.05) is 0 Å². The summed E-state index contributed by atoms with van der Waals surface area (Å²) in [6.45, 7) is 3.26. The normalized spacial score (nSPS) is 23.4. The summed E-state index contributed by atoms with van der Waals surface area (Å²) < 4.78 is 70.2. The zero-order valence-corrected chi connectivity index (χ0v) is 16.7. The largest absolute Gasteiger partial charge is 0.498 e. The van der Waals surface area contributed by atoms with Crippen LogP contribution in [0.2, 0.25) is 0 Å². The SMILES string of the molecule is CC(C)(C)[N@@+]1(C(=O)[O-])Cc2ccccc2CC1(C(=O)O)c1c(F)c(F)c(F)c(F)c1F. The second kappa shape index (κ2) is 7.01. The van der Waals surface area contributed by atoms with E-state index in [9.17, 15) is 41.8 Å². The molecule has 2 aromatic carbocycles. The molecule has 5 nitrogen and oxygen atoms in total. The monoisotopic (exact) mass is 443 g/mol. The fourth-order valence-corrected chi connectivity index (χ4v) is 4.58. The maximum Gasteiger partial charge on any atom is 0.371 e. The molecule has 0 saturated heterocycles. The van der Waals surface area contributed by atoms with Crippen molar-refractivity contribution in [3.05, 3.63) is 70.0 Å². The Bertz CT molecular complexity index is 1080. The van der Waals surface area contributed by atoms with Gasteiger partial charge in [0.25, 0.3) is 6.09 Å². The predicted octanol–water partition coefficient (Wildman–Crippen LogP) is 3.38. The van der Waals surface area contributed by atoms with Gasteiger partial charge >= 0.3 is 5.97 Å². The molecule has 0 spiro atoms. The third kappa shape index (κ3) is 2.77. The molecule has 0 radical (unpaired) electrons. The molecule has 0 aromatic heterocycles. The summed E-state index contributed by atoms with van der Waals surface area (Å²) in [5.41, 5.74) is -5.89. The molecule has 166 valence electrons. The maximum absolute atomic E-state index is 15.0. The Labute approximate surface area is 173 Å². The fourth-order valence-electron chi connectivity index (χ4n) is 4.58. The van der Waals surface area contributed by atoms with Crippen LogP contribution in [-0.2, 0) is 23.3 Å². The van der Waals surface area contributed by atoms with E-state index in [1.807, 2.05) is 0 Å². The van der Waals surface area contributed by atoms with Crippen LogP contribution in [0.15, 0.2) is 24.3 Å². The minimum Gasteiger partial charge on any atom is -0.498 e. The highest BCUT2D eigenvalue weighted by Gasteiger charge is 2.69. The lowest BCUT2D eigenvalue weighted by Gasteiger charge is -2.59. The lowest BCUT2D eigenvalue weighted by molar-refractivity contribution is -0.977. The number of carbonyl (C=O) groups excluding carboxylic acids is 1. The summed E-state index contributed by atoms with van der Waals surface area (Å²) >= 11 is 0. The predicted molar refractivity (Wildman–Crippen MR) is 94.8 cm³/mol. The van der Waals surface area contributed by atoms with Gasteiger partial charge in [-0.3, -0.25) is 0 Å². The Balaban J connectivity index is 2.62. The number of hydrogen-bond donors (Lipinski definition) is 1. The molecule has 1 aliphatic rings. The number of quaternary nitrogens is 1. The van der Waals surface area contributed by atoms with Crippen LogP contribution in [0.4, 0.5) is 26.7 Å². The van der Waals surface area contributed by atoms with Gasteiger partial charge in [-0.15, -0.1) is 0 Å². The topological polar surface area (TPSA) is 77.4 Å². The average molecular weight is 443 g/mol. The minimum absolute atomic E-state index is 0.202. The molecule has 2 aromatic rings. The molecule has 1 heterocycles. The van der Waals surface area contributed by atoms with E-state index in [1.165, 1.54) is 39.0 Å². The number of amides is 1. The molecule has 1 N–H and O–H groups in total. The Morgan fingerprint density at radius 2 is 1.39 bits per heavy atom. The molecule has 31 heavy (non-hydrogen) atoms. The Hall–Kier alpha value is -3.01. The summed E-state index contributed by atoms with van der Waals surface area (Å²) in [5, 5.41) is 22.8. The highest BCUT2D eigenvalue weighted by atomic mass is 19.2. The van der Waals surface area contributed by atoms with Gasteiger partial charge in [-0.2, -0.15) is 0 Å². The van der Waals surface area contributed by atoms with E-state index in [4.69, 9.17) is 0 Å². The van der Waals surface area contributed by atoms with Gasteiger partial charge in [0.1, 0.15) is 12.1 Å². The number of hydrogen-bond acceptors (Lipinski definition) is 3. The van der Waals surface area contributed by atoms with Crippen molar-refractivity contribution >= 4 is 12.1 Å². The van der Waals surface area contributed by atoms with Crippen LogP contribution in [0.5, 0.6) is 0 Å². The van der Waals surface area contributed by atoms with Gasteiger partial charge < -0.3 is 15.0 Å². The standard InChI is InChI=1S/C21H18F5NO4/c1-20(2,3)27(19(30)31)9-11-7-5-4-6-10(11)8-21(27,18(28)29)12-13(22)15(24)17(26)16(25)14(12)23/h4-7H,8-9H2,1-3H3,(H-,28,29,30,31)/t21?,27-/m0/s1. The zero-order valence-electron chi connectivity index (χ0n) is 16.7. The second-order valence-electron chi connectivity index (χ2n) is 8.46. The first kappa shape index (κ1) is 22.7. The van der Waals surface area contributed by atoms with Gasteiger partial charge in [-0.05, 0) is 26.3 Å². The smallest absolute Gasteiger partial charge is 0.371 e. The van der Waals surface area contributed by atoms with E-state index in [0.29, 0.717) is 5.56 Å². The minimum atomic E-state index is -3.12. The van der Waals surface area contributed by atoms with Crippen LogP contribution >= 0.6 is 0 Å². The van der Waals surface area contributed by atoms with Crippen LogP contribution in [0.25, 0.3) is 0 Å². The van der Waals surface area contributed by atoms with Crippen LogP contribution in [0.1, 0.15) is 37.5 Å². The number of fused-ring (bicyclic) bond motifs is 1. The Morgan fingerprint density at radius 1 is 0.935 bits per heavy atom. The molecule has 2 atom stereocenters. The van der Waals surface area contributed by atoms with Crippen molar-refractivity contribution in [2.24, 2.45) is 0 Å². The van der Waals surface area contributed by atoms with Crippen molar-refractivity contribution in [2.45, 2.75) is 44.8 Å². The summed E-state index contributed by atoms with van der Waals surface area (Å²) in [6, 6.07) is 5.95. The summed E-state index contributed by atoms with van der Waals surface area (Å²) in [7, 11) is 0. The Morgan fingerprint density at radius 3 is 1.81 bits per heavy atom.